The summed E-state index contributed by atoms with van der Waals surface area (Å²) in [4.78, 5) is 39.2. The van der Waals surface area contributed by atoms with E-state index in [0.717, 1.165) is 10.6 Å². The molecule has 0 aliphatic carbocycles. The second-order valence-corrected chi connectivity index (χ2v) is 9.30. The summed E-state index contributed by atoms with van der Waals surface area (Å²) in [6.45, 7) is 6.06. The molecule has 0 aromatic heterocycles. The van der Waals surface area contributed by atoms with E-state index in [2.05, 4.69) is 5.32 Å². The Bertz CT molecular complexity index is 873. The molecule has 0 saturated carbocycles. The first kappa shape index (κ1) is 20.1. The molecule has 6 heteroatoms. The van der Waals surface area contributed by atoms with Crippen molar-refractivity contribution in [2.75, 3.05) is 10.2 Å². The van der Waals surface area contributed by atoms with Gasteiger partial charge in [-0.3, -0.25) is 14.4 Å². The number of amides is 3. The summed E-state index contributed by atoms with van der Waals surface area (Å²) in [7, 11) is 0. The SMILES string of the molecule is CC(C)(C)CC(=O)Nc1ccc(SC2CC(=O)N(c3ccccc3)C2=O)cc1. The quantitative estimate of drug-likeness (QED) is 0.757. The number of hydrogen-bond acceptors (Lipinski definition) is 4. The summed E-state index contributed by atoms with van der Waals surface area (Å²) in [5.41, 5.74) is 1.26. The van der Waals surface area contributed by atoms with Crippen molar-refractivity contribution in [2.24, 2.45) is 5.41 Å². The summed E-state index contributed by atoms with van der Waals surface area (Å²) < 4.78 is 0. The van der Waals surface area contributed by atoms with Gasteiger partial charge in [0.1, 0.15) is 0 Å². The smallest absolute Gasteiger partial charge is 0.247 e. The molecule has 2 aromatic rings. The average molecular weight is 397 g/mol. The molecular formula is C22H24N2O3S. The average Bonchev–Trinajstić information content (AvgIpc) is 2.89. The molecule has 0 bridgehead atoms. The lowest BCUT2D eigenvalue weighted by atomic mass is 9.92. The molecule has 28 heavy (non-hydrogen) atoms. The Labute approximate surface area is 169 Å². The van der Waals surface area contributed by atoms with Crippen molar-refractivity contribution in [3.05, 3.63) is 54.6 Å². The number of para-hydroxylation sites is 1. The van der Waals surface area contributed by atoms with E-state index in [1.165, 1.54) is 16.7 Å². The Morgan fingerprint density at radius 2 is 1.71 bits per heavy atom. The highest BCUT2D eigenvalue weighted by atomic mass is 32.2. The molecule has 0 radical (unpaired) electrons. The van der Waals surface area contributed by atoms with Crippen LogP contribution in [-0.2, 0) is 14.4 Å². The lowest BCUT2D eigenvalue weighted by molar-refractivity contribution is -0.121. The summed E-state index contributed by atoms with van der Waals surface area (Å²) in [6.07, 6.45) is 0.625. The first-order valence-corrected chi connectivity index (χ1v) is 10.1. The van der Waals surface area contributed by atoms with Gasteiger partial charge in [-0.15, -0.1) is 11.8 Å². The third-order valence-corrected chi connectivity index (χ3v) is 5.42. The van der Waals surface area contributed by atoms with Gasteiger partial charge in [-0.1, -0.05) is 39.0 Å². The Balaban J connectivity index is 1.62. The second kappa shape index (κ2) is 8.19. The van der Waals surface area contributed by atoms with Crippen LogP contribution < -0.4 is 10.2 Å². The molecule has 0 spiro atoms. The second-order valence-electron chi connectivity index (χ2n) is 8.02. The lowest BCUT2D eigenvalue weighted by Gasteiger charge is -2.17. The number of carbonyl (C=O) groups is 3. The van der Waals surface area contributed by atoms with Crippen LogP contribution in [0.15, 0.2) is 59.5 Å². The Hall–Kier alpha value is -2.60. The van der Waals surface area contributed by atoms with Gasteiger partial charge in [-0.05, 0) is 41.8 Å². The molecule has 1 fully saturated rings. The molecule has 1 heterocycles. The van der Waals surface area contributed by atoms with Crippen molar-refractivity contribution in [1.82, 2.24) is 0 Å². The minimum Gasteiger partial charge on any atom is -0.326 e. The summed E-state index contributed by atoms with van der Waals surface area (Å²) >= 11 is 1.37. The maximum atomic E-state index is 12.7. The van der Waals surface area contributed by atoms with E-state index in [1.807, 2.05) is 63.2 Å². The van der Waals surface area contributed by atoms with Crippen LogP contribution in [0.1, 0.15) is 33.6 Å². The fourth-order valence-electron chi connectivity index (χ4n) is 3.01. The van der Waals surface area contributed by atoms with Crippen LogP contribution >= 0.6 is 11.8 Å². The van der Waals surface area contributed by atoms with Crippen molar-refractivity contribution in [3.8, 4) is 0 Å². The number of rotatable bonds is 5. The van der Waals surface area contributed by atoms with Gasteiger partial charge < -0.3 is 5.32 Å². The normalized spacial score (nSPS) is 17.1. The third kappa shape index (κ3) is 5.01. The highest BCUT2D eigenvalue weighted by molar-refractivity contribution is 8.00. The highest BCUT2D eigenvalue weighted by Gasteiger charge is 2.40. The van der Waals surface area contributed by atoms with E-state index in [0.29, 0.717) is 12.1 Å². The van der Waals surface area contributed by atoms with Crippen molar-refractivity contribution in [3.63, 3.8) is 0 Å². The monoisotopic (exact) mass is 396 g/mol. The molecule has 1 saturated heterocycles. The van der Waals surface area contributed by atoms with Gasteiger partial charge >= 0.3 is 0 Å². The first-order valence-electron chi connectivity index (χ1n) is 9.21. The zero-order chi connectivity index (χ0) is 20.3. The molecule has 146 valence electrons. The fourth-order valence-corrected chi connectivity index (χ4v) is 4.07. The zero-order valence-electron chi connectivity index (χ0n) is 16.3. The predicted molar refractivity (Wildman–Crippen MR) is 112 cm³/mol. The Morgan fingerprint density at radius 1 is 1.07 bits per heavy atom. The fraction of sp³-hybridized carbons (Fsp3) is 0.318. The van der Waals surface area contributed by atoms with Gasteiger partial charge in [-0.2, -0.15) is 0 Å². The molecule has 1 N–H and O–H groups in total. The van der Waals surface area contributed by atoms with Gasteiger partial charge in [0.15, 0.2) is 0 Å². The van der Waals surface area contributed by atoms with E-state index in [-0.39, 0.29) is 29.6 Å². The highest BCUT2D eigenvalue weighted by Crippen LogP contribution is 2.34. The molecular weight excluding hydrogens is 372 g/mol. The van der Waals surface area contributed by atoms with Crippen LogP contribution in [0.25, 0.3) is 0 Å². The standard InChI is InChI=1S/C22H24N2O3S/c1-22(2,3)14-19(25)23-15-9-11-17(12-10-15)28-18-13-20(26)24(21(18)27)16-7-5-4-6-8-16/h4-12,18H,13-14H2,1-3H3,(H,23,25). The van der Waals surface area contributed by atoms with Gasteiger partial charge in [0.25, 0.3) is 0 Å². The molecule has 2 aromatic carbocycles. The first-order chi connectivity index (χ1) is 13.2. The maximum Gasteiger partial charge on any atom is 0.247 e. The van der Waals surface area contributed by atoms with Gasteiger partial charge in [0.2, 0.25) is 17.7 Å². The Kier molecular flexibility index (Phi) is 5.89. The summed E-state index contributed by atoms with van der Waals surface area (Å²) in [6, 6.07) is 16.4. The number of thioether (sulfide) groups is 1. The van der Waals surface area contributed by atoms with Gasteiger partial charge in [0.05, 0.1) is 10.9 Å². The third-order valence-electron chi connectivity index (χ3n) is 4.23. The van der Waals surface area contributed by atoms with E-state index < -0.39 is 5.25 Å². The van der Waals surface area contributed by atoms with Crippen LogP contribution in [-0.4, -0.2) is 23.0 Å². The van der Waals surface area contributed by atoms with Gasteiger partial charge in [0, 0.05) is 23.4 Å². The molecule has 1 atom stereocenters. The number of imide groups is 1. The van der Waals surface area contributed by atoms with E-state index >= 15 is 0 Å². The largest absolute Gasteiger partial charge is 0.326 e. The van der Waals surface area contributed by atoms with Crippen molar-refractivity contribution < 1.29 is 14.4 Å². The number of benzene rings is 2. The zero-order valence-corrected chi connectivity index (χ0v) is 17.1. The molecule has 3 rings (SSSR count). The van der Waals surface area contributed by atoms with Crippen LogP contribution in [0.5, 0.6) is 0 Å². The van der Waals surface area contributed by atoms with Crippen molar-refractivity contribution in [2.45, 2.75) is 43.8 Å². The number of nitrogens with zero attached hydrogens (tertiary/aromatic N) is 1. The lowest BCUT2D eigenvalue weighted by Crippen LogP contribution is -2.30. The molecule has 1 aliphatic rings. The van der Waals surface area contributed by atoms with E-state index in [9.17, 15) is 14.4 Å². The molecule has 5 nitrogen and oxygen atoms in total. The minimum absolute atomic E-state index is 0.0250. The number of anilines is 2. The molecule has 3 amide bonds. The number of hydrogen-bond donors (Lipinski definition) is 1. The predicted octanol–water partition coefficient (Wildman–Crippen LogP) is 4.49. The number of carbonyl (C=O) groups excluding carboxylic acids is 3. The van der Waals surface area contributed by atoms with Crippen LogP contribution in [0.2, 0.25) is 0 Å². The van der Waals surface area contributed by atoms with Crippen LogP contribution in [0.3, 0.4) is 0 Å². The number of nitrogens with one attached hydrogen (secondary N) is 1. The van der Waals surface area contributed by atoms with E-state index in [1.54, 1.807) is 12.1 Å². The van der Waals surface area contributed by atoms with Crippen molar-refractivity contribution in [1.29, 1.82) is 0 Å². The van der Waals surface area contributed by atoms with E-state index in [4.69, 9.17) is 0 Å². The van der Waals surface area contributed by atoms with Crippen LogP contribution in [0, 0.1) is 5.41 Å². The molecule has 1 aliphatic heterocycles. The van der Waals surface area contributed by atoms with Crippen molar-refractivity contribution >= 4 is 40.9 Å². The topological polar surface area (TPSA) is 66.5 Å². The van der Waals surface area contributed by atoms with Crippen LogP contribution in [0.4, 0.5) is 11.4 Å². The summed E-state index contributed by atoms with van der Waals surface area (Å²) in [5, 5.41) is 2.45. The maximum absolute atomic E-state index is 12.7. The molecule has 1 unspecified atom stereocenters. The Morgan fingerprint density at radius 3 is 2.32 bits per heavy atom. The van der Waals surface area contributed by atoms with Gasteiger partial charge in [-0.25, -0.2) is 4.90 Å². The summed E-state index contributed by atoms with van der Waals surface area (Å²) in [5.74, 6) is -0.397. The minimum atomic E-state index is -0.436.